The van der Waals surface area contributed by atoms with Crippen molar-refractivity contribution in [2.45, 2.75) is 59.7 Å². The van der Waals surface area contributed by atoms with Gasteiger partial charge in [0.2, 0.25) is 0 Å². The summed E-state index contributed by atoms with van der Waals surface area (Å²) in [7, 11) is -1.00. The molecule has 0 fully saturated rings. The molecule has 0 unspecified atom stereocenters. The van der Waals surface area contributed by atoms with Gasteiger partial charge in [-0.05, 0) is 20.3 Å². The van der Waals surface area contributed by atoms with Crippen LogP contribution in [0.1, 0.15) is 40.5 Å². The maximum absolute atomic E-state index is 2.47. The molecule has 0 amide bonds. The summed E-state index contributed by atoms with van der Waals surface area (Å²) in [6, 6.07) is 1.37. The van der Waals surface area contributed by atoms with Crippen LogP contribution in [0.15, 0.2) is 10.8 Å². The van der Waals surface area contributed by atoms with Gasteiger partial charge in [0.05, 0.1) is 8.07 Å². The smallest absolute Gasteiger partial charge is 0.0747 e. The predicted octanol–water partition coefficient (Wildman–Crippen LogP) is 4.39. The van der Waals surface area contributed by atoms with E-state index in [0.29, 0.717) is 0 Å². The van der Waals surface area contributed by atoms with Crippen molar-refractivity contribution in [3.8, 4) is 0 Å². The van der Waals surface area contributed by atoms with Gasteiger partial charge < -0.3 is 0 Å². The number of allylic oxidation sites excluding steroid dienone is 2. The molecule has 72 valence electrons. The number of hydrogen-bond donors (Lipinski definition) is 0. The lowest BCUT2D eigenvalue weighted by atomic mass is 10.2. The van der Waals surface area contributed by atoms with Crippen molar-refractivity contribution in [1.82, 2.24) is 0 Å². The molecule has 0 heterocycles. The van der Waals surface area contributed by atoms with Gasteiger partial charge in [0.15, 0.2) is 0 Å². The first kappa shape index (κ1) is 12.0. The van der Waals surface area contributed by atoms with Gasteiger partial charge in [-0.1, -0.05) is 50.2 Å². The third kappa shape index (κ3) is 3.14. The zero-order chi connectivity index (χ0) is 9.78. The highest BCUT2D eigenvalue weighted by Crippen LogP contribution is 2.23. The van der Waals surface area contributed by atoms with Crippen molar-refractivity contribution in [2.24, 2.45) is 0 Å². The monoisotopic (exact) mass is 184 g/mol. The fraction of sp³-hybridized carbons (Fsp3) is 0.818. The third-order valence-electron chi connectivity index (χ3n) is 3.16. The molecule has 0 radical (unpaired) electrons. The third-order valence-corrected chi connectivity index (χ3v) is 7.39. The van der Waals surface area contributed by atoms with Gasteiger partial charge >= 0.3 is 0 Å². The van der Waals surface area contributed by atoms with Crippen LogP contribution in [0.25, 0.3) is 0 Å². The average Bonchev–Trinajstić information content (AvgIpc) is 2.03. The highest BCUT2D eigenvalue weighted by Gasteiger charge is 2.21. The van der Waals surface area contributed by atoms with Crippen molar-refractivity contribution >= 4 is 8.07 Å². The average molecular weight is 184 g/mol. The van der Waals surface area contributed by atoms with Crippen LogP contribution in [0.3, 0.4) is 0 Å². The van der Waals surface area contributed by atoms with Gasteiger partial charge in [0.1, 0.15) is 0 Å². The van der Waals surface area contributed by atoms with E-state index in [1.54, 1.807) is 10.8 Å². The molecule has 1 heteroatoms. The van der Waals surface area contributed by atoms with Crippen LogP contribution < -0.4 is 0 Å². The minimum Gasteiger partial charge on any atom is -0.0849 e. The number of rotatable bonds is 4. The van der Waals surface area contributed by atoms with E-state index in [4.69, 9.17) is 0 Å². The van der Waals surface area contributed by atoms with Crippen LogP contribution in [0, 0.1) is 0 Å². The summed E-state index contributed by atoms with van der Waals surface area (Å²) >= 11 is 0. The summed E-state index contributed by atoms with van der Waals surface area (Å²) in [4.78, 5) is 0. The van der Waals surface area contributed by atoms with Crippen LogP contribution in [0.2, 0.25) is 19.1 Å². The Bertz CT molecular complexity index is 166. The molecule has 12 heavy (non-hydrogen) atoms. The van der Waals surface area contributed by atoms with Crippen molar-refractivity contribution < 1.29 is 0 Å². The second-order valence-corrected chi connectivity index (χ2v) is 9.62. The summed E-state index contributed by atoms with van der Waals surface area (Å²) in [6.45, 7) is 14.2. The van der Waals surface area contributed by atoms with Crippen molar-refractivity contribution in [3.05, 3.63) is 10.8 Å². The summed E-state index contributed by atoms with van der Waals surface area (Å²) in [5.74, 6) is 0. The first-order valence-corrected chi connectivity index (χ1v) is 8.33. The van der Waals surface area contributed by atoms with Crippen molar-refractivity contribution in [1.29, 1.82) is 0 Å². The minimum absolute atomic E-state index is 1.00. The van der Waals surface area contributed by atoms with Gasteiger partial charge in [-0.2, -0.15) is 0 Å². The van der Waals surface area contributed by atoms with Gasteiger partial charge in [-0.25, -0.2) is 0 Å². The molecule has 0 bridgehead atoms. The standard InChI is InChI=1S/C11H24Si/c1-7-9-10(3)11(4)12(5,6)8-2/h7-9H2,1-6H3/b11-10+. The van der Waals surface area contributed by atoms with E-state index < -0.39 is 8.07 Å². The molecular formula is C11H24Si. The quantitative estimate of drug-likeness (QED) is 0.568. The maximum atomic E-state index is 2.47. The Hall–Kier alpha value is -0.0431. The van der Waals surface area contributed by atoms with Gasteiger partial charge in [-0.15, -0.1) is 0 Å². The minimum atomic E-state index is -1.00. The highest BCUT2D eigenvalue weighted by molar-refractivity contribution is 6.84. The molecular weight excluding hydrogens is 160 g/mol. The first-order valence-electron chi connectivity index (χ1n) is 5.12. The van der Waals surface area contributed by atoms with E-state index in [-0.39, 0.29) is 0 Å². The Kier molecular flexibility index (Phi) is 4.84. The molecule has 0 aliphatic rings. The van der Waals surface area contributed by atoms with E-state index in [9.17, 15) is 0 Å². The van der Waals surface area contributed by atoms with E-state index in [2.05, 4.69) is 40.8 Å². The lowest BCUT2D eigenvalue weighted by Crippen LogP contribution is -2.27. The molecule has 0 aromatic rings. The van der Waals surface area contributed by atoms with E-state index in [1.165, 1.54) is 18.9 Å². The van der Waals surface area contributed by atoms with Crippen LogP contribution in [-0.2, 0) is 0 Å². The van der Waals surface area contributed by atoms with Gasteiger partial charge in [0.25, 0.3) is 0 Å². The largest absolute Gasteiger partial charge is 0.0849 e. The Morgan fingerprint density at radius 2 is 1.58 bits per heavy atom. The fourth-order valence-electron chi connectivity index (χ4n) is 1.41. The van der Waals surface area contributed by atoms with Crippen molar-refractivity contribution in [2.75, 3.05) is 0 Å². The van der Waals surface area contributed by atoms with Crippen LogP contribution in [0.5, 0.6) is 0 Å². The first-order chi connectivity index (χ1) is 5.45. The zero-order valence-corrected chi connectivity index (χ0v) is 10.6. The second kappa shape index (κ2) is 4.86. The van der Waals surface area contributed by atoms with E-state index >= 15 is 0 Å². The highest BCUT2D eigenvalue weighted by atomic mass is 28.3. The summed E-state index contributed by atoms with van der Waals surface area (Å²) in [6.07, 6.45) is 2.58. The number of hydrogen-bond acceptors (Lipinski definition) is 0. The molecule has 0 atom stereocenters. The predicted molar refractivity (Wildman–Crippen MR) is 61.2 cm³/mol. The molecule has 0 aromatic heterocycles. The molecule has 0 N–H and O–H groups in total. The zero-order valence-electron chi connectivity index (χ0n) is 9.62. The Morgan fingerprint density at radius 1 is 1.08 bits per heavy atom. The molecule has 0 saturated heterocycles. The van der Waals surface area contributed by atoms with Crippen molar-refractivity contribution in [3.63, 3.8) is 0 Å². The molecule has 0 saturated carbocycles. The normalized spacial score (nSPS) is 14.5. The second-order valence-electron chi connectivity index (χ2n) is 4.39. The fourth-order valence-corrected chi connectivity index (χ4v) is 3.22. The topological polar surface area (TPSA) is 0 Å². The van der Waals surface area contributed by atoms with Gasteiger partial charge in [-0.3, -0.25) is 0 Å². The Balaban J connectivity index is 4.52. The molecule has 0 aliphatic heterocycles. The molecule has 0 aliphatic carbocycles. The molecule has 0 nitrogen and oxygen atoms in total. The molecule has 0 aromatic carbocycles. The summed E-state index contributed by atoms with van der Waals surface area (Å²) in [5, 5.41) is 1.73. The lowest BCUT2D eigenvalue weighted by molar-refractivity contribution is 0.897. The van der Waals surface area contributed by atoms with Gasteiger partial charge in [0, 0.05) is 0 Å². The lowest BCUT2D eigenvalue weighted by Gasteiger charge is -2.24. The Labute approximate surface area is 79.1 Å². The van der Waals surface area contributed by atoms with E-state index in [1.807, 2.05) is 0 Å². The summed E-state index contributed by atoms with van der Waals surface area (Å²) in [5.41, 5.74) is 1.65. The van der Waals surface area contributed by atoms with Crippen LogP contribution in [0.4, 0.5) is 0 Å². The van der Waals surface area contributed by atoms with E-state index in [0.717, 1.165) is 0 Å². The molecule has 0 spiro atoms. The Morgan fingerprint density at radius 3 is 1.92 bits per heavy atom. The summed E-state index contributed by atoms with van der Waals surface area (Å²) < 4.78 is 0. The maximum Gasteiger partial charge on any atom is 0.0747 e. The van der Waals surface area contributed by atoms with Crippen LogP contribution in [-0.4, -0.2) is 8.07 Å². The van der Waals surface area contributed by atoms with Crippen LogP contribution >= 0.6 is 0 Å². The molecule has 0 rings (SSSR count). The SMILES string of the molecule is CCC/C(C)=C(\C)[Si](C)(C)CC.